The first-order valence-electron chi connectivity index (χ1n) is 6.66. The van der Waals surface area contributed by atoms with Crippen LogP contribution in [0.1, 0.15) is 31.4 Å². The number of nitrogen functional groups attached to an aromatic ring is 1. The number of hydrogen-bond acceptors (Lipinski definition) is 6. The number of hydrogen-bond donors (Lipinski definition) is 3. The molecule has 1 fully saturated rings. The lowest BCUT2D eigenvalue weighted by molar-refractivity contribution is -0.141. The van der Waals surface area contributed by atoms with Crippen LogP contribution in [0.4, 0.5) is 24.9 Å². The topological polar surface area (TPSA) is 75.9 Å². The van der Waals surface area contributed by atoms with E-state index in [1.54, 1.807) is 11.8 Å². The lowest BCUT2D eigenvalue weighted by Gasteiger charge is -2.31. The smallest absolute Gasteiger partial charge is 0.366 e. The molecule has 1 saturated carbocycles. The van der Waals surface area contributed by atoms with Gasteiger partial charge in [0.25, 0.3) is 0 Å². The van der Waals surface area contributed by atoms with E-state index in [9.17, 15) is 13.2 Å². The van der Waals surface area contributed by atoms with Crippen LogP contribution in [0, 0.1) is 0 Å². The molecule has 1 aromatic heterocycles. The minimum atomic E-state index is -4.53. The average Bonchev–Trinajstić information content (AvgIpc) is 2.46. The fraction of sp³-hybridized carbons (Fsp3) is 0.667. The van der Waals surface area contributed by atoms with Crippen LogP contribution in [0.15, 0.2) is 6.07 Å². The summed E-state index contributed by atoms with van der Waals surface area (Å²) in [6.07, 6.45) is 1.67. The van der Waals surface area contributed by atoms with Crippen LogP contribution < -0.4 is 16.6 Å². The highest BCUT2D eigenvalue weighted by Gasteiger charge is 2.34. The SMILES string of the molecule is CSC1CCCCC1Nc1cc(C(F)(F)F)nc(NN)n1. The molecule has 0 aromatic carbocycles. The number of aromatic nitrogens is 2. The summed E-state index contributed by atoms with van der Waals surface area (Å²) in [5.41, 5.74) is 1.07. The molecule has 2 rings (SSSR count). The van der Waals surface area contributed by atoms with Crippen molar-refractivity contribution < 1.29 is 13.2 Å². The van der Waals surface area contributed by atoms with E-state index >= 15 is 0 Å². The lowest BCUT2D eigenvalue weighted by Crippen LogP contribution is -2.34. The van der Waals surface area contributed by atoms with Crippen molar-refractivity contribution in [3.63, 3.8) is 0 Å². The molecular formula is C12H18F3N5S. The highest BCUT2D eigenvalue weighted by molar-refractivity contribution is 7.99. The predicted octanol–water partition coefficient (Wildman–Crippen LogP) is 2.87. The van der Waals surface area contributed by atoms with Crippen LogP contribution in [0.5, 0.6) is 0 Å². The van der Waals surface area contributed by atoms with Gasteiger partial charge in [0, 0.05) is 17.4 Å². The van der Waals surface area contributed by atoms with Crippen LogP contribution in [0.25, 0.3) is 0 Å². The van der Waals surface area contributed by atoms with Crippen molar-refractivity contribution in [3.05, 3.63) is 11.8 Å². The van der Waals surface area contributed by atoms with Gasteiger partial charge < -0.3 is 5.32 Å². The summed E-state index contributed by atoms with van der Waals surface area (Å²) < 4.78 is 38.4. The van der Waals surface area contributed by atoms with Crippen LogP contribution in [-0.4, -0.2) is 27.5 Å². The second-order valence-electron chi connectivity index (χ2n) is 4.91. The van der Waals surface area contributed by atoms with Crippen LogP contribution >= 0.6 is 11.8 Å². The van der Waals surface area contributed by atoms with Crippen molar-refractivity contribution in [1.82, 2.24) is 9.97 Å². The number of nitrogens with one attached hydrogen (secondary N) is 2. The predicted molar refractivity (Wildman–Crippen MR) is 78.0 cm³/mol. The number of alkyl halides is 3. The van der Waals surface area contributed by atoms with Gasteiger partial charge in [-0.2, -0.15) is 29.9 Å². The third-order valence-electron chi connectivity index (χ3n) is 3.48. The van der Waals surface area contributed by atoms with E-state index < -0.39 is 11.9 Å². The van der Waals surface area contributed by atoms with E-state index in [0.29, 0.717) is 5.25 Å². The maximum Gasteiger partial charge on any atom is 0.433 e. The molecule has 1 aromatic rings. The van der Waals surface area contributed by atoms with E-state index in [2.05, 4.69) is 20.7 Å². The molecule has 2 atom stereocenters. The quantitative estimate of drug-likeness (QED) is 0.585. The maximum atomic E-state index is 12.8. The van der Waals surface area contributed by atoms with Crippen molar-refractivity contribution in [3.8, 4) is 0 Å². The van der Waals surface area contributed by atoms with E-state index in [4.69, 9.17) is 5.84 Å². The highest BCUT2D eigenvalue weighted by Crippen LogP contribution is 2.32. The molecule has 1 aliphatic carbocycles. The Kier molecular flexibility index (Phi) is 5.15. The molecule has 0 radical (unpaired) electrons. The molecule has 2 unspecified atom stereocenters. The summed E-state index contributed by atoms with van der Waals surface area (Å²) in [7, 11) is 0. The normalized spacial score (nSPS) is 22.9. The second kappa shape index (κ2) is 6.69. The number of anilines is 2. The van der Waals surface area contributed by atoms with Crippen LogP contribution in [0.3, 0.4) is 0 Å². The van der Waals surface area contributed by atoms with E-state index in [-0.39, 0.29) is 17.8 Å². The van der Waals surface area contributed by atoms with Crippen molar-refractivity contribution in [2.24, 2.45) is 5.84 Å². The van der Waals surface area contributed by atoms with Crippen LogP contribution in [-0.2, 0) is 6.18 Å². The molecule has 1 heterocycles. The fourth-order valence-electron chi connectivity index (χ4n) is 2.46. The maximum absolute atomic E-state index is 12.8. The van der Waals surface area contributed by atoms with Gasteiger partial charge in [0.2, 0.25) is 5.95 Å². The van der Waals surface area contributed by atoms with Gasteiger partial charge in [0.1, 0.15) is 5.82 Å². The highest BCUT2D eigenvalue weighted by atomic mass is 32.2. The number of nitrogens with two attached hydrogens (primary N) is 1. The summed E-state index contributed by atoms with van der Waals surface area (Å²) >= 11 is 1.72. The van der Waals surface area contributed by atoms with Gasteiger partial charge >= 0.3 is 6.18 Å². The molecule has 21 heavy (non-hydrogen) atoms. The first-order valence-corrected chi connectivity index (χ1v) is 7.95. The van der Waals surface area contributed by atoms with E-state index in [0.717, 1.165) is 31.7 Å². The van der Waals surface area contributed by atoms with Crippen molar-refractivity contribution in [2.75, 3.05) is 17.0 Å². The number of nitrogens with zero attached hydrogens (tertiary/aromatic N) is 2. The van der Waals surface area contributed by atoms with Crippen molar-refractivity contribution in [1.29, 1.82) is 0 Å². The summed E-state index contributed by atoms with van der Waals surface area (Å²) in [6.45, 7) is 0. The third-order valence-corrected chi connectivity index (χ3v) is 4.65. The number of hydrazine groups is 1. The Hall–Kier alpha value is -1.22. The van der Waals surface area contributed by atoms with E-state index in [1.165, 1.54) is 0 Å². The average molecular weight is 321 g/mol. The minimum Gasteiger partial charge on any atom is -0.366 e. The molecule has 5 nitrogen and oxygen atoms in total. The van der Waals surface area contributed by atoms with Gasteiger partial charge in [0.05, 0.1) is 0 Å². The summed E-state index contributed by atoms with van der Waals surface area (Å²) in [4.78, 5) is 7.30. The monoisotopic (exact) mass is 321 g/mol. The third kappa shape index (κ3) is 4.13. The van der Waals surface area contributed by atoms with Gasteiger partial charge in [-0.15, -0.1) is 0 Å². The zero-order valence-electron chi connectivity index (χ0n) is 11.6. The molecule has 118 valence electrons. The zero-order valence-corrected chi connectivity index (χ0v) is 12.4. The zero-order chi connectivity index (χ0) is 15.5. The molecule has 1 aliphatic rings. The summed E-state index contributed by atoms with van der Waals surface area (Å²) in [6, 6.07) is 1.03. The first kappa shape index (κ1) is 16.2. The van der Waals surface area contributed by atoms with Gasteiger partial charge in [0.15, 0.2) is 5.69 Å². The summed E-state index contributed by atoms with van der Waals surface area (Å²) in [5.74, 6) is 5.05. The Labute approximate surface area is 125 Å². The second-order valence-corrected chi connectivity index (χ2v) is 5.99. The first-order chi connectivity index (χ1) is 9.94. The Balaban J connectivity index is 2.22. The minimum absolute atomic E-state index is 0.107. The van der Waals surface area contributed by atoms with Gasteiger partial charge in [-0.05, 0) is 19.1 Å². The molecule has 4 N–H and O–H groups in total. The summed E-state index contributed by atoms with van der Waals surface area (Å²) in [5, 5.41) is 3.47. The largest absolute Gasteiger partial charge is 0.433 e. The lowest BCUT2D eigenvalue weighted by atomic mass is 9.95. The standard InChI is InChI=1S/C12H18F3N5S/c1-21-8-5-3-2-4-7(8)17-10-6-9(12(13,14)15)18-11(19-10)20-16/h6-8H,2-5,16H2,1H3,(H2,17,18,19,20). The Morgan fingerprint density at radius 1 is 1.29 bits per heavy atom. The van der Waals surface area contributed by atoms with Crippen molar-refractivity contribution in [2.45, 2.75) is 43.2 Å². The Morgan fingerprint density at radius 2 is 2.00 bits per heavy atom. The number of rotatable bonds is 4. The molecule has 0 spiro atoms. The van der Waals surface area contributed by atoms with Gasteiger partial charge in [-0.25, -0.2) is 10.8 Å². The van der Waals surface area contributed by atoms with Crippen molar-refractivity contribution >= 4 is 23.5 Å². The van der Waals surface area contributed by atoms with Gasteiger partial charge in [-0.3, -0.25) is 5.43 Å². The Morgan fingerprint density at radius 3 is 2.62 bits per heavy atom. The van der Waals surface area contributed by atoms with E-state index in [1.807, 2.05) is 6.26 Å². The Bertz CT molecular complexity index is 482. The molecule has 0 saturated heterocycles. The number of thioether (sulfide) groups is 1. The molecule has 0 bridgehead atoms. The fourth-order valence-corrected chi connectivity index (χ4v) is 3.40. The molecule has 0 aliphatic heterocycles. The molecule has 9 heteroatoms. The molecule has 0 amide bonds. The molecular weight excluding hydrogens is 303 g/mol. The van der Waals surface area contributed by atoms with Gasteiger partial charge in [-0.1, -0.05) is 12.8 Å². The number of halogens is 3. The van der Waals surface area contributed by atoms with Crippen LogP contribution in [0.2, 0.25) is 0 Å².